The van der Waals surface area contributed by atoms with Crippen LogP contribution in [0, 0.1) is 5.71 Å². The van der Waals surface area contributed by atoms with Crippen LogP contribution in [0.1, 0.15) is 17.2 Å². The Hall–Kier alpha value is -4.17. The topological polar surface area (TPSA) is 101 Å². The predicted octanol–water partition coefficient (Wildman–Crippen LogP) is 3.25. The Labute approximate surface area is 190 Å². The molecule has 1 aliphatic heterocycles. The highest BCUT2D eigenvalue weighted by Gasteiger charge is 2.38. The zero-order valence-electron chi connectivity index (χ0n) is 17.4. The molecule has 0 saturated carbocycles. The Morgan fingerprint density at radius 1 is 1.06 bits per heavy atom. The zero-order chi connectivity index (χ0) is 22.7. The van der Waals surface area contributed by atoms with Gasteiger partial charge in [0, 0.05) is 10.9 Å². The average molecular weight is 457 g/mol. The van der Waals surface area contributed by atoms with Gasteiger partial charge in [-0.15, -0.1) is 0 Å². The second-order valence-electron chi connectivity index (χ2n) is 7.76. The number of ether oxygens (including phenoxy) is 1. The SMILES string of the molecule is COc1cc(C2N=c3sc4ccccc4[n+]3=C2c2c(O)c3ccccc3[nH]c2=O)ccc1O. The number of phenolic OH excluding ortho intramolecular Hbond substituents is 1. The number of nitrogens with one attached hydrogen (secondary N) is 1. The number of hydrogen-bond acceptors (Lipinski definition) is 6. The van der Waals surface area contributed by atoms with Crippen LogP contribution < -0.4 is 19.3 Å². The van der Waals surface area contributed by atoms with E-state index in [2.05, 4.69) is 4.98 Å². The second-order valence-corrected chi connectivity index (χ2v) is 8.77. The van der Waals surface area contributed by atoms with Crippen molar-refractivity contribution in [1.29, 1.82) is 0 Å². The van der Waals surface area contributed by atoms with Gasteiger partial charge < -0.3 is 19.9 Å². The first kappa shape index (κ1) is 19.5. The molecule has 0 amide bonds. The molecule has 0 saturated heterocycles. The van der Waals surface area contributed by atoms with Gasteiger partial charge in [0.05, 0.1) is 17.3 Å². The maximum atomic E-state index is 13.3. The number of thiazole rings is 1. The number of aromatic nitrogens is 2. The van der Waals surface area contributed by atoms with Gasteiger partial charge in [0.2, 0.25) is 6.04 Å². The van der Waals surface area contributed by atoms with Crippen LogP contribution in [0.2, 0.25) is 0 Å². The molecule has 5 aromatic rings. The third kappa shape index (κ3) is 2.84. The van der Waals surface area contributed by atoms with Crippen molar-refractivity contribution in [3.05, 3.63) is 98.7 Å². The van der Waals surface area contributed by atoms with Crippen molar-refractivity contribution < 1.29 is 19.2 Å². The Kier molecular flexibility index (Phi) is 4.24. The lowest BCUT2D eigenvalue weighted by atomic mass is 9.96. The van der Waals surface area contributed by atoms with Gasteiger partial charge in [0.15, 0.2) is 22.7 Å². The molecular formula is C25H18N3O4S+. The van der Waals surface area contributed by atoms with Crippen molar-refractivity contribution in [2.45, 2.75) is 6.04 Å². The molecule has 162 valence electrons. The lowest BCUT2D eigenvalue weighted by Gasteiger charge is -2.11. The molecule has 8 heteroatoms. The maximum absolute atomic E-state index is 13.3. The van der Waals surface area contributed by atoms with Crippen LogP contribution >= 0.6 is 11.3 Å². The molecule has 33 heavy (non-hydrogen) atoms. The number of nitrogens with zero attached hydrogens (tertiary/aromatic N) is 2. The minimum absolute atomic E-state index is 0.0140. The fourth-order valence-corrected chi connectivity index (χ4v) is 5.45. The van der Waals surface area contributed by atoms with Crippen molar-refractivity contribution in [2.24, 2.45) is 4.99 Å². The standard InChI is InChI=1S/C25H17N3O4S/c1-32-18-12-13(10-11-17(18)29)21-22(28-16-8-4-5-9-19(16)33-25(28)27-21)20-23(30)14-6-2-3-7-15(14)26-24(20)31/h2-12,21H,1H3,(H2,26,29,30,31)/p+1. The number of benzene rings is 3. The van der Waals surface area contributed by atoms with Crippen molar-refractivity contribution in [3.8, 4) is 17.2 Å². The van der Waals surface area contributed by atoms with Crippen molar-refractivity contribution in [3.63, 3.8) is 0 Å². The minimum atomic E-state index is -0.580. The summed E-state index contributed by atoms with van der Waals surface area (Å²) in [5, 5.41) is 21.9. The molecule has 1 aliphatic rings. The fraction of sp³-hybridized carbons (Fsp3) is 0.0800. The van der Waals surface area contributed by atoms with E-state index in [1.165, 1.54) is 18.4 Å². The summed E-state index contributed by atoms with van der Waals surface area (Å²) in [5.41, 5.74) is 2.51. The van der Waals surface area contributed by atoms with Gasteiger partial charge in [-0.1, -0.05) is 35.3 Å². The van der Waals surface area contributed by atoms with Gasteiger partial charge in [-0.3, -0.25) is 4.79 Å². The Morgan fingerprint density at radius 3 is 2.70 bits per heavy atom. The monoisotopic (exact) mass is 456 g/mol. The largest absolute Gasteiger partial charge is 0.506 e. The quantitative estimate of drug-likeness (QED) is 0.363. The van der Waals surface area contributed by atoms with E-state index < -0.39 is 11.6 Å². The van der Waals surface area contributed by atoms with Gasteiger partial charge >= 0.3 is 4.80 Å². The minimum Gasteiger partial charge on any atom is -0.506 e. The van der Waals surface area contributed by atoms with E-state index in [9.17, 15) is 15.0 Å². The molecule has 6 rings (SSSR count). The first-order valence-corrected chi connectivity index (χ1v) is 11.1. The van der Waals surface area contributed by atoms with Crippen molar-refractivity contribution in [2.75, 3.05) is 7.11 Å². The van der Waals surface area contributed by atoms with Gasteiger partial charge in [-0.25, -0.2) is 0 Å². The number of aromatic amines is 1. The smallest absolute Gasteiger partial charge is 0.384 e. The summed E-state index contributed by atoms with van der Waals surface area (Å²) in [7, 11) is 1.48. The highest BCUT2D eigenvalue weighted by molar-refractivity contribution is 7.15. The van der Waals surface area contributed by atoms with Crippen LogP contribution in [-0.2, 0) is 0 Å². The number of pyridine rings is 1. The highest BCUT2D eigenvalue weighted by Crippen LogP contribution is 2.37. The Balaban J connectivity index is 1.75. The summed E-state index contributed by atoms with van der Waals surface area (Å²) in [5.74, 6) is 0.231. The van der Waals surface area contributed by atoms with E-state index in [0.717, 1.165) is 20.6 Å². The molecule has 3 aromatic carbocycles. The first-order valence-electron chi connectivity index (χ1n) is 10.3. The summed E-state index contributed by atoms with van der Waals surface area (Å²) in [6, 6.07) is 19.4. The first-order chi connectivity index (χ1) is 16.1. The van der Waals surface area contributed by atoms with Crippen LogP contribution in [0.3, 0.4) is 0 Å². The van der Waals surface area contributed by atoms with Crippen LogP contribution in [0.15, 0.2) is 76.5 Å². The molecule has 0 radical (unpaired) electrons. The molecule has 2 aromatic heterocycles. The van der Waals surface area contributed by atoms with Crippen molar-refractivity contribution >= 4 is 32.5 Å². The van der Waals surface area contributed by atoms with E-state index >= 15 is 0 Å². The molecule has 0 spiro atoms. The molecule has 3 heterocycles. The average Bonchev–Trinajstić information content (AvgIpc) is 3.36. The molecule has 0 bridgehead atoms. The Morgan fingerprint density at radius 2 is 1.85 bits per heavy atom. The number of H-pyrrole nitrogens is 1. The maximum Gasteiger partial charge on any atom is 0.384 e. The third-order valence-electron chi connectivity index (χ3n) is 5.91. The van der Waals surface area contributed by atoms with Gasteiger partial charge in [-0.05, 0) is 47.7 Å². The molecule has 7 nitrogen and oxygen atoms in total. The van der Waals surface area contributed by atoms with Crippen LogP contribution in [-0.4, -0.2) is 22.3 Å². The molecule has 1 unspecified atom stereocenters. The molecule has 3 N–H and O–H groups in total. The highest BCUT2D eigenvalue weighted by atomic mass is 32.1. The molecule has 0 fully saturated rings. The van der Waals surface area contributed by atoms with E-state index in [-0.39, 0.29) is 17.1 Å². The third-order valence-corrected chi connectivity index (χ3v) is 6.94. The molecular weight excluding hydrogens is 438 g/mol. The summed E-state index contributed by atoms with van der Waals surface area (Å²) in [6.07, 6.45) is 0. The van der Waals surface area contributed by atoms with Crippen molar-refractivity contribution in [1.82, 2.24) is 4.98 Å². The molecule has 0 aliphatic carbocycles. The summed E-state index contributed by atoms with van der Waals surface area (Å²) < 4.78 is 8.25. The number of rotatable bonds is 3. The number of aromatic hydroxyl groups is 2. The predicted molar refractivity (Wildman–Crippen MR) is 125 cm³/mol. The summed E-state index contributed by atoms with van der Waals surface area (Å²) >= 11 is 1.51. The van der Waals surface area contributed by atoms with Gasteiger partial charge in [0.25, 0.3) is 5.56 Å². The number of phenols is 1. The fourth-order valence-electron chi connectivity index (χ4n) is 4.39. The van der Waals surface area contributed by atoms with E-state index in [4.69, 9.17) is 9.73 Å². The van der Waals surface area contributed by atoms with E-state index in [0.29, 0.717) is 22.4 Å². The van der Waals surface area contributed by atoms with Crippen LogP contribution in [0.25, 0.3) is 21.1 Å². The summed E-state index contributed by atoms with van der Waals surface area (Å²) in [4.78, 5) is 21.9. The summed E-state index contributed by atoms with van der Waals surface area (Å²) in [6.45, 7) is 0. The number of fused-ring (bicyclic) bond motifs is 4. The van der Waals surface area contributed by atoms with Gasteiger partial charge in [0.1, 0.15) is 11.3 Å². The normalized spacial score (nSPS) is 15.1. The van der Waals surface area contributed by atoms with E-state index in [1.807, 2.05) is 34.6 Å². The number of para-hydroxylation sites is 2. The molecule has 1 atom stereocenters. The van der Waals surface area contributed by atoms with Gasteiger partial charge in [-0.2, -0.15) is 4.24 Å². The van der Waals surface area contributed by atoms with Crippen LogP contribution in [0.5, 0.6) is 17.2 Å². The Bertz CT molecular complexity index is 1770. The number of methoxy groups -OCH3 is 1. The van der Waals surface area contributed by atoms with E-state index in [1.54, 1.807) is 36.4 Å². The second kappa shape index (κ2) is 7.18. The lowest BCUT2D eigenvalue weighted by molar-refractivity contribution is -0.498. The lowest BCUT2D eigenvalue weighted by Crippen LogP contribution is -2.35. The zero-order valence-corrected chi connectivity index (χ0v) is 18.3. The van der Waals surface area contributed by atoms with Crippen LogP contribution in [0.4, 0.5) is 0 Å². The number of hydrogen-bond donors (Lipinski definition) is 3.